The first-order valence-electron chi connectivity index (χ1n) is 8.83. The summed E-state index contributed by atoms with van der Waals surface area (Å²) < 4.78 is 0. The summed E-state index contributed by atoms with van der Waals surface area (Å²) in [5.74, 6) is 0.123. The molecular weight excluding hydrogens is 342 g/mol. The minimum Gasteiger partial charge on any atom is -0.327 e. The topological polar surface area (TPSA) is 20.3 Å². The molecular formula is C23H22ClNO. The highest BCUT2D eigenvalue weighted by Gasteiger charge is 2.25. The lowest BCUT2D eigenvalue weighted by molar-refractivity contribution is -0.133. The second-order valence-corrected chi connectivity index (χ2v) is 6.66. The largest absolute Gasteiger partial charge is 0.327 e. The molecule has 0 fully saturated rings. The molecule has 2 nitrogen and oxygen atoms in total. The molecule has 1 amide bonds. The molecule has 0 saturated heterocycles. The Morgan fingerprint density at radius 2 is 1.35 bits per heavy atom. The Hall–Kier alpha value is -2.58. The number of carbonyl (C=O) groups excluding carboxylic acids is 1. The smallest absolute Gasteiger partial charge is 0.223 e. The van der Waals surface area contributed by atoms with Crippen LogP contribution in [0, 0.1) is 0 Å². The fourth-order valence-corrected chi connectivity index (χ4v) is 3.26. The van der Waals surface area contributed by atoms with Gasteiger partial charge in [0.05, 0.1) is 6.04 Å². The zero-order valence-corrected chi connectivity index (χ0v) is 15.6. The van der Waals surface area contributed by atoms with Crippen LogP contribution < -0.4 is 0 Å². The quantitative estimate of drug-likeness (QED) is 0.536. The van der Waals surface area contributed by atoms with Crippen molar-refractivity contribution in [2.75, 3.05) is 0 Å². The minimum absolute atomic E-state index is 0.123. The summed E-state index contributed by atoms with van der Waals surface area (Å²) in [6.07, 6.45) is 0.462. The van der Waals surface area contributed by atoms with E-state index in [1.165, 1.54) is 0 Å². The van der Waals surface area contributed by atoms with Gasteiger partial charge in [-0.1, -0.05) is 91.3 Å². The summed E-state index contributed by atoms with van der Waals surface area (Å²) in [4.78, 5) is 14.8. The van der Waals surface area contributed by atoms with Crippen molar-refractivity contribution in [3.05, 3.63) is 107 Å². The van der Waals surface area contributed by atoms with Crippen LogP contribution in [0.15, 0.2) is 84.9 Å². The predicted octanol–water partition coefficient (Wildman–Crippen LogP) is 5.87. The Morgan fingerprint density at radius 1 is 0.846 bits per heavy atom. The molecule has 26 heavy (non-hydrogen) atoms. The molecule has 3 rings (SSSR count). The standard InChI is InChI=1S/C23H22ClNO/c1-2-22(26)25(17-18-13-15-21(24)16-14-18)23(19-9-5-3-6-10-19)20-11-7-4-8-12-20/h3-16,23H,2,17H2,1H3. The summed E-state index contributed by atoms with van der Waals surface area (Å²) in [5.41, 5.74) is 3.27. The molecule has 0 bridgehead atoms. The van der Waals surface area contributed by atoms with Crippen molar-refractivity contribution in [1.82, 2.24) is 4.90 Å². The highest BCUT2D eigenvalue weighted by Crippen LogP contribution is 2.30. The Balaban J connectivity index is 2.04. The van der Waals surface area contributed by atoms with E-state index in [1.807, 2.05) is 72.5 Å². The first-order valence-corrected chi connectivity index (χ1v) is 9.20. The van der Waals surface area contributed by atoms with Crippen LogP contribution in [-0.2, 0) is 11.3 Å². The van der Waals surface area contributed by atoms with Gasteiger partial charge in [0.1, 0.15) is 0 Å². The maximum absolute atomic E-state index is 12.9. The van der Waals surface area contributed by atoms with E-state index in [4.69, 9.17) is 11.6 Å². The van der Waals surface area contributed by atoms with Gasteiger partial charge in [0.15, 0.2) is 0 Å². The average molecular weight is 364 g/mol. The molecule has 0 aliphatic rings. The van der Waals surface area contributed by atoms with E-state index >= 15 is 0 Å². The highest BCUT2D eigenvalue weighted by atomic mass is 35.5. The van der Waals surface area contributed by atoms with E-state index in [1.54, 1.807) is 0 Å². The normalized spacial score (nSPS) is 10.7. The summed E-state index contributed by atoms with van der Waals surface area (Å²) in [7, 11) is 0. The molecule has 3 heteroatoms. The monoisotopic (exact) mass is 363 g/mol. The molecule has 0 unspecified atom stereocenters. The van der Waals surface area contributed by atoms with Gasteiger partial charge in [0.25, 0.3) is 0 Å². The molecule has 0 saturated carbocycles. The number of hydrogen-bond acceptors (Lipinski definition) is 1. The minimum atomic E-state index is -0.125. The summed E-state index contributed by atoms with van der Waals surface area (Å²) in [5, 5.41) is 0.699. The van der Waals surface area contributed by atoms with Gasteiger partial charge < -0.3 is 4.90 Å². The van der Waals surface area contributed by atoms with Crippen LogP contribution in [0.5, 0.6) is 0 Å². The third-order valence-electron chi connectivity index (χ3n) is 4.43. The van der Waals surface area contributed by atoms with E-state index in [0.717, 1.165) is 16.7 Å². The van der Waals surface area contributed by atoms with E-state index in [2.05, 4.69) is 24.3 Å². The maximum Gasteiger partial charge on any atom is 0.223 e. The SMILES string of the molecule is CCC(=O)N(Cc1ccc(Cl)cc1)C(c1ccccc1)c1ccccc1. The number of nitrogens with zero attached hydrogens (tertiary/aromatic N) is 1. The molecule has 0 N–H and O–H groups in total. The van der Waals surface area contributed by atoms with Crippen LogP contribution in [0.3, 0.4) is 0 Å². The van der Waals surface area contributed by atoms with Crippen LogP contribution in [0.4, 0.5) is 0 Å². The molecule has 3 aromatic carbocycles. The van der Waals surface area contributed by atoms with Gasteiger partial charge in [0.2, 0.25) is 5.91 Å². The van der Waals surface area contributed by atoms with Gasteiger partial charge in [-0.2, -0.15) is 0 Å². The Bertz CT molecular complexity index is 792. The van der Waals surface area contributed by atoms with Gasteiger partial charge in [-0.05, 0) is 28.8 Å². The molecule has 0 atom stereocenters. The highest BCUT2D eigenvalue weighted by molar-refractivity contribution is 6.30. The van der Waals surface area contributed by atoms with E-state index in [0.29, 0.717) is 18.0 Å². The number of carbonyl (C=O) groups is 1. The van der Waals surface area contributed by atoms with Crippen molar-refractivity contribution >= 4 is 17.5 Å². The maximum atomic E-state index is 12.9. The van der Waals surface area contributed by atoms with Crippen molar-refractivity contribution < 1.29 is 4.79 Å². The molecule has 0 radical (unpaired) electrons. The third kappa shape index (κ3) is 4.33. The number of rotatable bonds is 6. The first kappa shape index (κ1) is 18.2. The van der Waals surface area contributed by atoms with Crippen LogP contribution in [0.25, 0.3) is 0 Å². The van der Waals surface area contributed by atoms with Crippen LogP contribution in [0.2, 0.25) is 5.02 Å². The average Bonchev–Trinajstić information content (AvgIpc) is 2.70. The summed E-state index contributed by atoms with van der Waals surface area (Å²) >= 11 is 6.01. The van der Waals surface area contributed by atoms with Crippen LogP contribution >= 0.6 is 11.6 Å². The lowest BCUT2D eigenvalue weighted by atomic mass is 9.96. The zero-order chi connectivity index (χ0) is 18.4. The Morgan fingerprint density at radius 3 is 1.81 bits per heavy atom. The van der Waals surface area contributed by atoms with Crippen molar-refractivity contribution in [1.29, 1.82) is 0 Å². The number of benzene rings is 3. The van der Waals surface area contributed by atoms with Gasteiger partial charge >= 0.3 is 0 Å². The molecule has 0 heterocycles. The lowest BCUT2D eigenvalue weighted by Crippen LogP contribution is -2.34. The second kappa shape index (κ2) is 8.68. The van der Waals surface area contributed by atoms with E-state index in [-0.39, 0.29) is 11.9 Å². The van der Waals surface area contributed by atoms with Gasteiger partial charge in [-0.15, -0.1) is 0 Å². The van der Waals surface area contributed by atoms with Crippen LogP contribution in [-0.4, -0.2) is 10.8 Å². The molecule has 0 aromatic heterocycles. The van der Waals surface area contributed by atoms with Crippen molar-refractivity contribution in [2.45, 2.75) is 25.9 Å². The second-order valence-electron chi connectivity index (χ2n) is 6.23. The number of halogens is 1. The fourth-order valence-electron chi connectivity index (χ4n) is 3.14. The first-order chi connectivity index (χ1) is 12.7. The summed E-state index contributed by atoms with van der Waals surface area (Å²) in [6.45, 7) is 2.45. The van der Waals surface area contributed by atoms with Gasteiger partial charge in [-0.25, -0.2) is 0 Å². The van der Waals surface area contributed by atoms with Crippen molar-refractivity contribution in [3.63, 3.8) is 0 Å². The zero-order valence-electron chi connectivity index (χ0n) is 14.8. The lowest BCUT2D eigenvalue weighted by Gasteiger charge is -2.33. The number of hydrogen-bond donors (Lipinski definition) is 0. The van der Waals surface area contributed by atoms with Crippen molar-refractivity contribution in [3.8, 4) is 0 Å². The van der Waals surface area contributed by atoms with E-state index < -0.39 is 0 Å². The molecule has 132 valence electrons. The Kier molecular flexibility index (Phi) is 6.08. The molecule has 0 aliphatic heterocycles. The fraction of sp³-hybridized carbons (Fsp3) is 0.174. The van der Waals surface area contributed by atoms with Crippen molar-refractivity contribution in [2.24, 2.45) is 0 Å². The predicted molar refractivity (Wildman–Crippen MR) is 107 cm³/mol. The number of amides is 1. The summed E-state index contributed by atoms with van der Waals surface area (Å²) in [6, 6.07) is 27.9. The Labute approximate surface area is 160 Å². The third-order valence-corrected chi connectivity index (χ3v) is 4.68. The molecule has 3 aromatic rings. The molecule has 0 spiro atoms. The van der Waals surface area contributed by atoms with Gasteiger partial charge in [0, 0.05) is 18.0 Å². The van der Waals surface area contributed by atoms with Crippen LogP contribution in [0.1, 0.15) is 36.1 Å². The molecule has 0 aliphatic carbocycles. The van der Waals surface area contributed by atoms with Gasteiger partial charge in [-0.3, -0.25) is 4.79 Å². The van der Waals surface area contributed by atoms with E-state index in [9.17, 15) is 4.79 Å².